The third kappa shape index (κ3) is 16.0. The van der Waals surface area contributed by atoms with E-state index in [1.54, 1.807) is 30.3 Å². The van der Waals surface area contributed by atoms with E-state index in [1.165, 1.54) is 0 Å². The van der Waals surface area contributed by atoms with Crippen molar-refractivity contribution in [3.05, 3.63) is 168 Å². The minimum atomic E-state index is -0.447. The Labute approximate surface area is 475 Å². The summed E-state index contributed by atoms with van der Waals surface area (Å²) in [5.74, 6) is 1.78. The lowest BCUT2D eigenvalue weighted by atomic mass is 9.86. The maximum absolute atomic E-state index is 12.6. The topological polar surface area (TPSA) is 194 Å². The van der Waals surface area contributed by atoms with Gasteiger partial charge in [-0.15, -0.1) is 0 Å². The van der Waals surface area contributed by atoms with Crippen LogP contribution >= 0.6 is 0 Å². The van der Waals surface area contributed by atoms with E-state index in [-0.39, 0.29) is 35.3 Å². The lowest BCUT2D eigenvalue weighted by molar-refractivity contribution is 0.0705. The maximum Gasteiger partial charge on any atom is 0.272 e. The summed E-state index contributed by atoms with van der Waals surface area (Å²) in [4.78, 5) is 59.2. The van der Waals surface area contributed by atoms with Crippen LogP contribution < -0.4 is 20.5 Å². The molecule has 0 unspecified atom stereocenters. The fraction of sp³-hybridized carbons (Fsp3) is 0.313. The quantitative estimate of drug-likeness (QED) is 0.0333. The molecule has 3 heterocycles. The van der Waals surface area contributed by atoms with Crippen molar-refractivity contribution in [1.29, 1.82) is 0 Å². The van der Waals surface area contributed by atoms with Gasteiger partial charge in [-0.2, -0.15) is 0 Å². The molecule has 0 spiro atoms. The second-order valence-electron chi connectivity index (χ2n) is 23.5. The Morgan fingerprint density at radius 1 is 0.556 bits per heavy atom. The van der Waals surface area contributed by atoms with Gasteiger partial charge in [0, 0.05) is 108 Å². The van der Waals surface area contributed by atoms with Crippen LogP contribution in [0.5, 0.6) is 11.5 Å². The molecule has 424 valence electrons. The number of nitrogens with two attached hydrogens (primary N) is 1. The SMILES string of the molecule is CC(C)(C)C(=O)c1ccc2[nH]c(-c3cccc(OCCOCCO)c3)cc2c1.CN(C)CCOc1ccc(-c2cc3ccc(C(=O)C(C)(C)C)cc3[nH]2)cc1.Cn1c(C(=O)Nc2ccc(N)cc2)cc2cc(C(=O)C(C)(C)C)ccc21. The molecule has 1 amide bonds. The number of nitrogens with zero attached hydrogens (tertiary/aromatic N) is 2. The van der Waals surface area contributed by atoms with Gasteiger partial charge in [-0.05, 0) is 141 Å². The fourth-order valence-corrected chi connectivity index (χ4v) is 8.84. The van der Waals surface area contributed by atoms with Crippen molar-refractivity contribution < 1.29 is 38.5 Å². The normalized spacial score (nSPS) is 11.7. The first-order valence-electron chi connectivity index (χ1n) is 27.2. The first-order valence-corrected chi connectivity index (χ1v) is 27.2. The highest BCUT2D eigenvalue weighted by molar-refractivity contribution is 6.08. The first-order chi connectivity index (χ1) is 38.3. The van der Waals surface area contributed by atoms with Crippen molar-refractivity contribution >= 4 is 67.3 Å². The highest BCUT2D eigenvalue weighted by atomic mass is 16.5. The molecule has 0 saturated carbocycles. The van der Waals surface area contributed by atoms with Gasteiger partial charge in [-0.1, -0.05) is 86.6 Å². The van der Waals surface area contributed by atoms with Crippen LogP contribution in [-0.2, 0) is 11.8 Å². The number of Topliss-reactive ketones (excluding diaryl/α,β-unsaturated/α-hetero) is 3. The molecule has 0 saturated heterocycles. The highest BCUT2D eigenvalue weighted by Crippen LogP contribution is 2.32. The van der Waals surface area contributed by atoms with E-state index in [0.29, 0.717) is 49.1 Å². The lowest BCUT2D eigenvalue weighted by Crippen LogP contribution is -2.20. The number of nitrogens with one attached hydrogen (secondary N) is 3. The van der Waals surface area contributed by atoms with E-state index >= 15 is 0 Å². The average Bonchev–Trinajstić information content (AvgIpc) is 4.32. The van der Waals surface area contributed by atoms with Gasteiger partial charge < -0.3 is 49.8 Å². The number of aromatic nitrogens is 3. The number of likely N-dealkylation sites (N-methyl/N-ethyl adjacent to an activating group) is 1. The molecule has 81 heavy (non-hydrogen) atoms. The predicted octanol–water partition coefficient (Wildman–Crippen LogP) is 13.7. The molecule has 6 aromatic carbocycles. The number of fused-ring (bicyclic) bond motifs is 3. The number of carbonyl (C=O) groups is 4. The molecule has 3 aromatic heterocycles. The zero-order chi connectivity index (χ0) is 58.8. The number of hydrogen-bond donors (Lipinski definition) is 5. The lowest BCUT2D eigenvalue weighted by Gasteiger charge is -2.16. The Hall–Kier alpha value is -8.30. The second-order valence-corrected chi connectivity index (χ2v) is 23.5. The minimum absolute atomic E-state index is 0.0128. The number of hydrogen-bond acceptors (Lipinski definition) is 10. The molecular formula is C67H78N6O8. The molecular weight excluding hydrogens is 1020 g/mol. The van der Waals surface area contributed by atoms with E-state index < -0.39 is 10.8 Å². The maximum atomic E-state index is 12.6. The van der Waals surface area contributed by atoms with Crippen LogP contribution in [0.15, 0.2) is 146 Å². The summed E-state index contributed by atoms with van der Waals surface area (Å²) in [6, 6.07) is 46.1. The van der Waals surface area contributed by atoms with Gasteiger partial charge in [0.25, 0.3) is 5.91 Å². The summed E-state index contributed by atoms with van der Waals surface area (Å²) in [6.07, 6.45) is 0. The van der Waals surface area contributed by atoms with Crippen molar-refractivity contribution in [3.8, 4) is 34.0 Å². The molecule has 6 N–H and O–H groups in total. The number of anilines is 2. The molecule has 14 nitrogen and oxygen atoms in total. The van der Waals surface area contributed by atoms with Gasteiger partial charge in [0.1, 0.15) is 30.4 Å². The molecule has 0 aliphatic carbocycles. The summed E-state index contributed by atoms with van der Waals surface area (Å²) in [7, 11) is 5.90. The number of rotatable bonds is 17. The molecule has 0 bridgehead atoms. The molecule has 9 aromatic rings. The largest absolute Gasteiger partial charge is 0.492 e. The number of nitrogen functional groups attached to an aromatic ring is 1. The predicted molar refractivity (Wildman–Crippen MR) is 328 cm³/mol. The molecule has 0 radical (unpaired) electrons. The molecule has 9 rings (SSSR count). The number of carbonyl (C=O) groups excluding carboxylic acids is 4. The van der Waals surface area contributed by atoms with Crippen molar-refractivity contribution in [2.45, 2.75) is 62.3 Å². The Morgan fingerprint density at radius 2 is 1.12 bits per heavy atom. The number of ketones is 3. The van der Waals surface area contributed by atoms with Gasteiger partial charge in [-0.3, -0.25) is 19.2 Å². The van der Waals surface area contributed by atoms with Crippen LogP contribution in [0, 0.1) is 16.2 Å². The summed E-state index contributed by atoms with van der Waals surface area (Å²) in [6.45, 7) is 20.1. The minimum Gasteiger partial charge on any atom is -0.492 e. The van der Waals surface area contributed by atoms with Crippen LogP contribution in [-0.4, -0.2) is 101 Å². The Bertz CT molecular complexity index is 3640. The summed E-state index contributed by atoms with van der Waals surface area (Å²) >= 11 is 0. The molecule has 14 heteroatoms. The molecule has 0 aliphatic rings. The van der Waals surface area contributed by atoms with Gasteiger partial charge in [0.05, 0.1) is 19.8 Å². The second kappa shape index (κ2) is 25.9. The van der Waals surface area contributed by atoms with Crippen LogP contribution in [0.4, 0.5) is 11.4 Å². The van der Waals surface area contributed by atoms with E-state index in [0.717, 1.165) is 84.4 Å². The molecule has 0 aliphatic heterocycles. The zero-order valence-corrected chi connectivity index (χ0v) is 48.9. The van der Waals surface area contributed by atoms with E-state index in [1.807, 2.05) is 179 Å². The van der Waals surface area contributed by atoms with E-state index in [2.05, 4.69) is 44.5 Å². The fourth-order valence-electron chi connectivity index (χ4n) is 8.84. The summed E-state index contributed by atoms with van der Waals surface area (Å²) in [5, 5.41) is 14.5. The standard InChI is InChI=1S/C23H28N2O2.C23H27NO4.C21H23N3O2/c1-23(2,3)22(26)18-7-6-17-14-20(24-21(17)15-18)16-8-10-19(11-9-16)27-13-12-25(4)5;1-23(2,3)22(26)17-7-8-20-18(13-17)15-21(24-20)16-5-4-6-19(14-16)28-12-11-27-10-9-25;1-21(2,3)19(25)13-5-10-17-14(11-13)12-18(24(17)4)20(26)23-16-8-6-15(22)7-9-16/h6-11,14-15,24H,12-13H2,1-5H3;4-8,13-15,24-25H,9-12H2,1-3H3;5-12H,22H2,1-4H3,(H,23,26). The van der Waals surface area contributed by atoms with Crippen molar-refractivity contribution in [2.24, 2.45) is 23.3 Å². The van der Waals surface area contributed by atoms with Crippen molar-refractivity contribution in [3.63, 3.8) is 0 Å². The summed E-state index contributed by atoms with van der Waals surface area (Å²) < 4.78 is 18.5. The van der Waals surface area contributed by atoms with Gasteiger partial charge >= 0.3 is 0 Å². The number of aryl methyl sites for hydroxylation is 1. The molecule has 0 atom stereocenters. The van der Waals surface area contributed by atoms with Gasteiger partial charge in [0.15, 0.2) is 17.3 Å². The van der Waals surface area contributed by atoms with Crippen LogP contribution in [0.25, 0.3) is 55.2 Å². The number of ether oxygens (including phenoxy) is 3. The van der Waals surface area contributed by atoms with Crippen molar-refractivity contribution in [1.82, 2.24) is 19.4 Å². The average molecular weight is 1100 g/mol. The monoisotopic (exact) mass is 1090 g/mol. The van der Waals surface area contributed by atoms with E-state index in [4.69, 9.17) is 25.1 Å². The number of amides is 1. The summed E-state index contributed by atoms with van der Waals surface area (Å²) in [5.41, 5.74) is 15.4. The Morgan fingerprint density at radius 3 is 1.75 bits per heavy atom. The Kier molecular flexibility index (Phi) is 19.3. The smallest absolute Gasteiger partial charge is 0.272 e. The van der Waals surface area contributed by atoms with Crippen molar-refractivity contribution in [2.75, 3.05) is 64.7 Å². The molecule has 0 fully saturated rings. The number of benzene rings is 6. The Balaban J connectivity index is 0.000000175. The number of aliphatic hydroxyl groups excluding tert-OH is 1. The van der Waals surface area contributed by atoms with Gasteiger partial charge in [-0.25, -0.2) is 0 Å². The first kappa shape index (κ1) is 60.3. The van der Waals surface area contributed by atoms with E-state index in [9.17, 15) is 19.2 Å². The van der Waals surface area contributed by atoms with Gasteiger partial charge in [0.2, 0.25) is 0 Å². The third-order valence-electron chi connectivity index (χ3n) is 13.4. The zero-order valence-electron chi connectivity index (χ0n) is 48.9. The van der Waals surface area contributed by atoms with Crippen LogP contribution in [0.1, 0.15) is 104 Å². The highest BCUT2D eigenvalue weighted by Gasteiger charge is 2.26. The number of aliphatic hydroxyl groups is 1. The third-order valence-corrected chi connectivity index (χ3v) is 13.4. The van der Waals surface area contributed by atoms with Crippen LogP contribution in [0.3, 0.4) is 0 Å². The number of aromatic amines is 2. The number of H-pyrrole nitrogens is 2. The van der Waals surface area contributed by atoms with Crippen LogP contribution in [0.2, 0.25) is 0 Å².